The highest BCUT2D eigenvalue weighted by molar-refractivity contribution is 7.86. The fourth-order valence-corrected chi connectivity index (χ4v) is 2.39. The molecule has 0 amide bonds. The van der Waals surface area contributed by atoms with Gasteiger partial charge in [-0.3, -0.25) is 0 Å². The van der Waals surface area contributed by atoms with E-state index in [1.165, 1.54) is 0 Å². The topological polar surface area (TPSA) is 49.7 Å². The summed E-state index contributed by atoms with van der Waals surface area (Å²) in [6.07, 6.45) is 1.81. The normalized spacial score (nSPS) is 14.8. The second-order valence-electron chi connectivity index (χ2n) is 2.56. The molecule has 12 heavy (non-hydrogen) atoms. The maximum atomic E-state index is 9.36. The summed E-state index contributed by atoms with van der Waals surface area (Å²) in [5.74, 6) is 0.314. The Labute approximate surface area is 85.3 Å². The Balaban J connectivity index is 3.70. The van der Waals surface area contributed by atoms with Crippen molar-refractivity contribution in [3.8, 4) is 0 Å². The Bertz CT molecular complexity index is 123. The first-order valence-electron chi connectivity index (χ1n) is 3.92. The molecule has 1 unspecified atom stereocenters. The maximum Gasteiger partial charge on any atom is 0.509 e. The molecular formula is C6H16O3S2Si. The zero-order chi connectivity index (χ0) is 9.61. The molecule has 0 bridgehead atoms. The SMILES string of the molecule is CCCCO[Si](O)(O)C(S)CS. The van der Waals surface area contributed by atoms with Crippen LogP contribution in [0.4, 0.5) is 0 Å². The van der Waals surface area contributed by atoms with Crippen LogP contribution in [0.5, 0.6) is 0 Å². The van der Waals surface area contributed by atoms with Crippen molar-refractivity contribution in [1.29, 1.82) is 0 Å². The largest absolute Gasteiger partial charge is 0.509 e. The Morgan fingerprint density at radius 2 is 2.08 bits per heavy atom. The van der Waals surface area contributed by atoms with Crippen LogP contribution in [0.15, 0.2) is 0 Å². The molecule has 0 aromatic rings. The van der Waals surface area contributed by atoms with Crippen molar-refractivity contribution in [1.82, 2.24) is 0 Å². The third-order valence-electron chi connectivity index (χ3n) is 1.42. The predicted octanol–water partition coefficient (Wildman–Crippen LogP) is 0.494. The van der Waals surface area contributed by atoms with Gasteiger partial charge in [-0.15, -0.1) is 0 Å². The second kappa shape index (κ2) is 6.28. The van der Waals surface area contributed by atoms with Gasteiger partial charge in [0.25, 0.3) is 0 Å². The minimum atomic E-state index is -3.56. The lowest BCUT2D eigenvalue weighted by molar-refractivity contribution is 0.145. The third kappa shape index (κ3) is 4.73. The first-order chi connectivity index (χ1) is 5.54. The monoisotopic (exact) mass is 228 g/mol. The number of hydrogen-bond acceptors (Lipinski definition) is 5. The van der Waals surface area contributed by atoms with Gasteiger partial charge in [-0.05, 0) is 6.42 Å². The smallest absolute Gasteiger partial charge is 0.389 e. The van der Waals surface area contributed by atoms with Gasteiger partial charge in [-0.25, -0.2) is 0 Å². The van der Waals surface area contributed by atoms with Crippen molar-refractivity contribution < 1.29 is 14.0 Å². The molecule has 0 saturated carbocycles. The number of hydrogen-bond donors (Lipinski definition) is 4. The summed E-state index contributed by atoms with van der Waals surface area (Å²) in [6.45, 7) is 2.40. The average molecular weight is 228 g/mol. The van der Waals surface area contributed by atoms with Crippen molar-refractivity contribution in [3.05, 3.63) is 0 Å². The van der Waals surface area contributed by atoms with Crippen LogP contribution in [0, 0.1) is 0 Å². The Morgan fingerprint density at radius 1 is 1.50 bits per heavy atom. The van der Waals surface area contributed by atoms with Crippen molar-refractivity contribution in [2.24, 2.45) is 0 Å². The van der Waals surface area contributed by atoms with Crippen molar-refractivity contribution in [2.75, 3.05) is 12.4 Å². The van der Waals surface area contributed by atoms with Crippen LogP contribution in [0.3, 0.4) is 0 Å². The Morgan fingerprint density at radius 3 is 2.50 bits per heavy atom. The molecule has 6 heteroatoms. The summed E-state index contributed by atoms with van der Waals surface area (Å²) in [4.78, 5) is 18.2. The van der Waals surface area contributed by atoms with Crippen molar-refractivity contribution in [2.45, 2.75) is 24.6 Å². The maximum absolute atomic E-state index is 9.36. The van der Waals surface area contributed by atoms with E-state index >= 15 is 0 Å². The first-order valence-corrected chi connectivity index (χ1v) is 6.95. The lowest BCUT2D eigenvalue weighted by Crippen LogP contribution is -2.50. The van der Waals surface area contributed by atoms with E-state index < -0.39 is 13.7 Å². The quantitative estimate of drug-likeness (QED) is 0.304. The zero-order valence-electron chi connectivity index (χ0n) is 7.10. The molecule has 0 heterocycles. The van der Waals surface area contributed by atoms with E-state index in [0.717, 1.165) is 12.8 Å². The predicted molar refractivity (Wildman–Crippen MR) is 57.7 cm³/mol. The first kappa shape index (κ1) is 12.8. The summed E-state index contributed by atoms with van der Waals surface area (Å²) >= 11 is 7.89. The van der Waals surface area contributed by atoms with Gasteiger partial charge in [0.1, 0.15) is 0 Å². The summed E-state index contributed by atoms with van der Waals surface area (Å²) < 4.78 is 4.95. The number of unbranched alkanes of at least 4 members (excludes halogenated alkanes) is 1. The summed E-state index contributed by atoms with van der Waals surface area (Å²) in [6, 6.07) is 0. The van der Waals surface area contributed by atoms with Crippen LogP contribution in [0.2, 0.25) is 0 Å². The number of thiol groups is 2. The fourth-order valence-electron chi connectivity index (χ4n) is 0.582. The van der Waals surface area contributed by atoms with Gasteiger partial charge in [0.2, 0.25) is 0 Å². The van der Waals surface area contributed by atoms with Gasteiger partial charge in [0.15, 0.2) is 0 Å². The minimum absolute atomic E-state index is 0.314. The molecule has 3 nitrogen and oxygen atoms in total. The molecule has 0 saturated heterocycles. The summed E-state index contributed by atoms with van der Waals surface area (Å²) in [5.41, 5.74) is 0. The molecule has 0 radical (unpaired) electrons. The van der Waals surface area contributed by atoms with Crippen LogP contribution >= 0.6 is 25.3 Å². The van der Waals surface area contributed by atoms with E-state index in [4.69, 9.17) is 4.43 Å². The van der Waals surface area contributed by atoms with Gasteiger partial charge in [-0.1, -0.05) is 13.3 Å². The van der Waals surface area contributed by atoms with Gasteiger partial charge < -0.3 is 14.0 Å². The fraction of sp³-hybridized carbons (Fsp3) is 1.00. The van der Waals surface area contributed by atoms with Crippen LogP contribution in [-0.4, -0.2) is 35.6 Å². The van der Waals surface area contributed by atoms with Crippen LogP contribution in [0.1, 0.15) is 19.8 Å². The van der Waals surface area contributed by atoms with Crippen molar-refractivity contribution in [3.63, 3.8) is 0 Å². The molecule has 0 aliphatic carbocycles. The highest BCUT2D eigenvalue weighted by Crippen LogP contribution is 2.11. The third-order valence-corrected chi connectivity index (χ3v) is 5.31. The van der Waals surface area contributed by atoms with Crippen molar-refractivity contribution >= 4 is 34.1 Å². The van der Waals surface area contributed by atoms with E-state index in [1.54, 1.807) is 0 Å². The van der Waals surface area contributed by atoms with Gasteiger partial charge in [0.05, 0.1) is 4.87 Å². The van der Waals surface area contributed by atoms with Gasteiger partial charge in [-0.2, -0.15) is 25.3 Å². The standard InChI is InChI=1S/C6H16O3S2Si/c1-2-3-4-9-12(7,8)6(11)5-10/h6-8,10-11H,2-5H2,1H3. The second-order valence-corrected chi connectivity index (χ2v) is 6.34. The lowest BCUT2D eigenvalue weighted by atomic mass is 10.4. The molecule has 2 N–H and O–H groups in total. The zero-order valence-corrected chi connectivity index (χ0v) is 9.89. The van der Waals surface area contributed by atoms with E-state index in [9.17, 15) is 9.59 Å². The van der Waals surface area contributed by atoms with Gasteiger partial charge in [0, 0.05) is 12.4 Å². The van der Waals surface area contributed by atoms with E-state index in [0.29, 0.717) is 12.4 Å². The molecular weight excluding hydrogens is 212 g/mol. The number of rotatable bonds is 6. The summed E-state index contributed by atoms with van der Waals surface area (Å²) in [7, 11) is -3.56. The Hall–Kier alpha value is 0.797. The molecule has 0 fully saturated rings. The highest BCUT2D eigenvalue weighted by atomic mass is 32.1. The molecule has 0 aliphatic heterocycles. The van der Waals surface area contributed by atoms with E-state index in [-0.39, 0.29) is 0 Å². The molecule has 0 aromatic carbocycles. The highest BCUT2D eigenvalue weighted by Gasteiger charge is 2.39. The minimum Gasteiger partial charge on any atom is -0.389 e. The summed E-state index contributed by atoms with van der Waals surface area (Å²) in [5, 5.41) is 0. The molecule has 0 spiro atoms. The van der Waals surface area contributed by atoms with Gasteiger partial charge >= 0.3 is 8.80 Å². The molecule has 74 valence electrons. The molecule has 1 atom stereocenters. The van der Waals surface area contributed by atoms with E-state index in [2.05, 4.69) is 25.3 Å². The molecule has 0 aliphatic rings. The average Bonchev–Trinajstić information content (AvgIpc) is 2.03. The van der Waals surface area contributed by atoms with E-state index in [1.807, 2.05) is 6.92 Å². The van der Waals surface area contributed by atoms with Crippen LogP contribution < -0.4 is 0 Å². The van der Waals surface area contributed by atoms with Crippen LogP contribution in [-0.2, 0) is 4.43 Å². The Kier molecular flexibility index (Phi) is 6.70. The lowest BCUT2D eigenvalue weighted by Gasteiger charge is -2.21. The molecule has 0 rings (SSSR count). The molecule has 0 aromatic heterocycles. The van der Waals surface area contributed by atoms with Crippen LogP contribution in [0.25, 0.3) is 0 Å².